The molecule has 1 aliphatic rings. The maximum Gasteiger partial charge on any atom is 0.237 e. The van der Waals surface area contributed by atoms with Gasteiger partial charge in [0, 0.05) is 31.8 Å². The number of nitrogens with zero attached hydrogens (tertiary/aromatic N) is 1. The maximum atomic E-state index is 13.1. The fourth-order valence-electron chi connectivity index (χ4n) is 2.40. The number of halogens is 2. The summed E-state index contributed by atoms with van der Waals surface area (Å²) < 4.78 is 31.4. The fourth-order valence-corrected chi connectivity index (χ4v) is 2.40. The smallest absolute Gasteiger partial charge is 0.237 e. The highest BCUT2D eigenvalue weighted by Crippen LogP contribution is 2.19. The van der Waals surface area contributed by atoms with E-state index >= 15 is 0 Å². The Hall–Kier alpha value is -2.54. The molecule has 1 aromatic carbocycles. The van der Waals surface area contributed by atoms with Crippen LogP contribution in [0.1, 0.15) is 12.0 Å². The van der Waals surface area contributed by atoms with Crippen LogP contribution in [-0.4, -0.2) is 29.6 Å². The van der Waals surface area contributed by atoms with E-state index in [0.29, 0.717) is 18.2 Å². The Bertz CT molecular complexity index is 692. The van der Waals surface area contributed by atoms with Gasteiger partial charge in [0.15, 0.2) is 0 Å². The second-order valence-corrected chi connectivity index (χ2v) is 5.57. The lowest BCUT2D eigenvalue weighted by molar-refractivity contribution is -0.123. The van der Waals surface area contributed by atoms with Gasteiger partial charge >= 0.3 is 0 Å². The van der Waals surface area contributed by atoms with Gasteiger partial charge in [0.1, 0.15) is 17.7 Å². The number of carbonyl (C=O) groups excluding carboxylic acids is 1. The lowest BCUT2D eigenvalue weighted by Crippen LogP contribution is -2.40. The highest BCUT2D eigenvalue weighted by atomic mass is 19.1. The molecule has 1 fully saturated rings. The Labute approximate surface area is 138 Å². The molecule has 2 N–H and O–H groups in total. The predicted molar refractivity (Wildman–Crippen MR) is 83.9 cm³/mol. The monoisotopic (exact) mass is 333 g/mol. The summed E-state index contributed by atoms with van der Waals surface area (Å²) in [5.41, 5.74) is 0.796. The number of pyridine rings is 1. The molecule has 1 aromatic heterocycles. The molecule has 1 saturated heterocycles. The highest BCUT2D eigenvalue weighted by molar-refractivity contribution is 5.82. The number of amides is 1. The van der Waals surface area contributed by atoms with E-state index in [-0.39, 0.29) is 24.7 Å². The molecule has 3 rings (SSSR count). The zero-order chi connectivity index (χ0) is 16.9. The van der Waals surface area contributed by atoms with Crippen LogP contribution in [0.15, 0.2) is 42.6 Å². The molecule has 126 valence electrons. The van der Waals surface area contributed by atoms with Crippen LogP contribution in [0.25, 0.3) is 0 Å². The summed E-state index contributed by atoms with van der Waals surface area (Å²) in [5.74, 6) is 0.298. The van der Waals surface area contributed by atoms with Gasteiger partial charge in [-0.2, -0.15) is 0 Å². The van der Waals surface area contributed by atoms with Crippen LogP contribution in [-0.2, 0) is 11.3 Å². The minimum atomic E-state index is -0.967. The summed E-state index contributed by atoms with van der Waals surface area (Å²) >= 11 is 0. The van der Waals surface area contributed by atoms with Gasteiger partial charge in [-0.25, -0.2) is 13.8 Å². The van der Waals surface area contributed by atoms with Gasteiger partial charge in [-0.05, 0) is 29.8 Å². The van der Waals surface area contributed by atoms with E-state index in [1.165, 1.54) is 24.3 Å². The zero-order valence-electron chi connectivity index (χ0n) is 12.8. The second-order valence-electron chi connectivity index (χ2n) is 5.57. The number of rotatable bonds is 5. The number of ether oxygens (including phenoxy) is 1. The Morgan fingerprint density at radius 1 is 1.29 bits per heavy atom. The molecule has 0 radical (unpaired) electrons. The Balaban J connectivity index is 1.51. The van der Waals surface area contributed by atoms with Crippen molar-refractivity contribution < 1.29 is 18.3 Å². The van der Waals surface area contributed by atoms with Crippen molar-refractivity contribution in [2.24, 2.45) is 0 Å². The fraction of sp³-hybridized carbons (Fsp3) is 0.294. The zero-order valence-corrected chi connectivity index (χ0v) is 12.8. The molecule has 2 aromatic rings. The van der Waals surface area contributed by atoms with Gasteiger partial charge in [0.2, 0.25) is 11.8 Å². The Kier molecular flexibility index (Phi) is 5.00. The minimum absolute atomic E-state index is 0.203. The van der Waals surface area contributed by atoms with E-state index in [9.17, 15) is 13.6 Å². The molecular formula is C17H17F2N3O2. The Morgan fingerprint density at radius 2 is 2.08 bits per heavy atom. The summed E-state index contributed by atoms with van der Waals surface area (Å²) in [6.07, 6.45) is 0.818. The van der Waals surface area contributed by atoms with Crippen molar-refractivity contribution in [3.05, 3.63) is 54.0 Å². The summed E-state index contributed by atoms with van der Waals surface area (Å²) in [4.78, 5) is 16.0. The number of benzene rings is 1. The number of hydrogen-bond acceptors (Lipinski definition) is 4. The Morgan fingerprint density at radius 3 is 2.71 bits per heavy atom. The first kappa shape index (κ1) is 16.3. The van der Waals surface area contributed by atoms with E-state index in [0.717, 1.165) is 5.56 Å². The van der Waals surface area contributed by atoms with E-state index in [2.05, 4.69) is 15.6 Å². The van der Waals surface area contributed by atoms with Gasteiger partial charge in [-0.1, -0.05) is 6.07 Å². The highest BCUT2D eigenvalue weighted by Gasteiger charge is 2.28. The molecule has 0 aliphatic carbocycles. The largest absolute Gasteiger partial charge is 0.439 e. The standard InChI is InChI=1S/C17H17F2N3O2/c18-12-2-4-14(5-3-12)24-16-6-1-11(8-21-16)9-22-17(23)15-7-13(19)10-20-15/h1-6,8,13,15,20H,7,9-10H2,(H,22,23)/t13-,15+/m0/s1. The molecule has 0 bridgehead atoms. The van der Waals surface area contributed by atoms with Crippen LogP contribution in [0, 0.1) is 5.82 Å². The first-order valence-corrected chi connectivity index (χ1v) is 7.63. The average molecular weight is 333 g/mol. The van der Waals surface area contributed by atoms with Crippen molar-refractivity contribution >= 4 is 5.91 Å². The van der Waals surface area contributed by atoms with E-state index in [1.54, 1.807) is 18.3 Å². The van der Waals surface area contributed by atoms with Gasteiger partial charge in [-0.15, -0.1) is 0 Å². The van der Waals surface area contributed by atoms with Crippen molar-refractivity contribution in [2.45, 2.75) is 25.2 Å². The number of carbonyl (C=O) groups is 1. The van der Waals surface area contributed by atoms with Crippen molar-refractivity contribution in [3.8, 4) is 11.6 Å². The van der Waals surface area contributed by atoms with Crippen molar-refractivity contribution in [1.29, 1.82) is 0 Å². The first-order chi connectivity index (χ1) is 11.6. The molecule has 0 unspecified atom stereocenters. The average Bonchev–Trinajstić information content (AvgIpc) is 3.03. The SMILES string of the molecule is O=C(NCc1ccc(Oc2ccc(F)cc2)nc1)[C@H]1C[C@H](F)CN1. The van der Waals surface area contributed by atoms with Gasteiger partial charge < -0.3 is 15.4 Å². The molecule has 0 saturated carbocycles. The van der Waals surface area contributed by atoms with E-state index < -0.39 is 12.2 Å². The molecule has 2 heterocycles. The van der Waals surface area contributed by atoms with Gasteiger partial charge in [0.05, 0.1) is 6.04 Å². The lowest BCUT2D eigenvalue weighted by Gasteiger charge is -2.11. The minimum Gasteiger partial charge on any atom is -0.439 e. The van der Waals surface area contributed by atoms with Crippen molar-refractivity contribution in [3.63, 3.8) is 0 Å². The van der Waals surface area contributed by atoms with Crippen LogP contribution in [0.3, 0.4) is 0 Å². The quantitative estimate of drug-likeness (QED) is 0.881. The third kappa shape index (κ3) is 4.26. The van der Waals surface area contributed by atoms with Crippen LogP contribution in [0.2, 0.25) is 0 Å². The summed E-state index contributed by atoms with van der Waals surface area (Å²) in [7, 11) is 0. The number of alkyl halides is 1. The molecule has 7 heteroatoms. The normalized spacial score (nSPS) is 19.9. The molecule has 24 heavy (non-hydrogen) atoms. The molecule has 1 amide bonds. The molecule has 5 nitrogen and oxygen atoms in total. The van der Waals surface area contributed by atoms with Gasteiger partial charge in [-0.3, -0.25) is 4.79 Å². The third-order valence-electron chi connectivity index (χ3n) is 3.69. The van der Waals surface area contributed by atoms with Crippen LogP contribution >= 0.6 is 0 Å². The summed E-state index contributed by atoms with van der Waals surface area (Å²) in [6, 6.07) is 8.59. The van der Waals surface area contributed by atoms with E-state index in [1.807, 2.05) is 0 Å². The van der Waals surface area contributed by atoms with Crippen LogP contribution < -0.4 is 15.4 Å². The van der Waals surface area contributed by atoms with Crippen LogP contribution in [0.5, 0.6) is 11.6 Å². The molecule has 2 atom stereocenters. The molecular weight excluding hydrogens is 316 g/mol. The topological polar surface area (TPSA) is 63.2 Å². The maximum absolute atomic E-state index is 13.1. The number of aromatic nitrogens is 1. The second kappa shape index (κ2) is 7.35. The number of nitrogens with one attached hydrogen (secondary N) is 2. The van der Waals surface area contributed by atoms with Gasteiger partial charge in [0.25, 0.3) is 0 Å². The van der Waals surface area contributed by atoms with E-state index in [4.69, 9.17) is 4.74 Å². The predicted octanol–water partition coefficient (Wildman–Crippen LogP) is 2.33. The first-order valence-electron chi connectivity index (χ1n) is 7.63. The third-order valence-corrected chi connectivity index (χ3v) is 3.69. The molecule has 1 aliphatic heterocycles. The van der Waals surface area contributed by atoms with Crippen LogP contribution in [0.4, 0.5) is 8.78 Å². The summed E-state index contributed by atoms with van der Waals surface area (Å²) in [5, 5.41) is 5.58. The molecule has 0 spiro atoms. The van der Waals surface area contributed by atoms with Crippen molar-refractivity contribution in [1.82, 2.24) is 15.6 Å². The van der Waals surface area contributed by atoms with Crippen molar-refractivity contribution in [2.75, 3.05) is 6.54 Å². The summed E-state index contributed by atoms with van der Waals surface area (Å²) in [6.45, 7) is 0.521. The lowest BCUT2D eigenvalue weighted by atomic mass is 10.2. The number of hydrogen-bond donors (Lipinski definition) is 2.